The summed E-state index contributed by atoms with van der Waals surface area (Å²) in [5.74, 6) is 1.67. The van der Waals surface area contributed by atoms with Gasteiger partial charge in [0, 0.05) is 33.9 Å². The van der Waals surface area contributed by atoms with Gasteiger partial charge in [0.05, 0.1) is 10.0 Å². The number of rotatable bonds is 10. The van der Waals surface area contributed by atoms with Crippen LogP contribution in [0.2, 0.25) is 0 Å². The zero-order valence-corrected chi connectivity index (χ0v) is 30.4. The molecule has 0 atom stereocenters. The van der Waals surface area contributed by atoms with Crippen molar-refractivity contribution in [2.24, 2.45) is 0 Å². The minimum atomic E-state index is 0.837. The van der Waals surface area contributed by atoms with Gasteiger partial charge < -0.3 is 14.2 Å². The fraction of sp³-hybridized carbons (Fsp3) is 0. The number of furan rings is 1. The lowest BCUT2D eigenvalue weighted by molar-refractivity contribution is 0.597. The molecule has 0 aliphatic rings. The fourth-order valence-electron chi connectivity index (χ4n) is 6.67. The second-order valence-electron chi connectivity index (χ2n) is 12.7. The van der Waals surface area contributed by atoms with Gasteiger partial charge in [-0.2, -0.15) is 0 Å². The molecule has 0 amide bonds. The molecule has 0 N–H and O–H groups in total. The minimum absolute atomic E-state index is 0.837. The molecule has 0 saturated carbocycles. The van der Waals surface area contributed by atoms with Crippen molar-refractivity contribution in [1.82, 2.24) is 0 Å². The Morgan fingerprint density at radius 2 is 0.604 bits per heavy atom. The fourth-order valence-corrected chi connectivity index (χ4v) is 8.21. The molecule has 9 aromatic rings. The van der Waals surface area contributed by atoms with Crippen LogP contribution in [0.5, 0.6) is 0 Å². The van der Waals surface area contributed by atoms with Gasteiger partial charge in [0.1, 0.15) is 11.5 Å². The third-order valence-corrected chi connectivity index (χ3v) is 11.1. The van der Waals surface area contributed by atoms with Gasteiger partial charge in [-0.1, -0.05) is 84.9 Å². The van der Waals surface area contributed by atoms with E-state index in [1.807, 2.05) is 0 Å². The third kappa shape index (κ3) is 6.84. The Kier molecular flexibility index (Phi) is 9.00. The van der Waals surface area contributed by atoms with Crippen LogP contribution >= 0.6 is 22.7 Å². The van der Waals surface area contributed by atoms with Gasteiger partial charge in [-0.3, -0.25) is 0 Å². The number of nitrogens with zero attached hydrogens (tertiary/aromatic N) is 2. The van der Waals surface area contributed by atoms with E-state index in [0.717, 1.165) is 55.4 Å². The highest BCUT2D eigenvalue weighted by atomic mass is 32.1. The van der Waals surface area contributed by atoms with Crippen LogP contribution in [0.1, 0.15) is 0 Å². The van der Waals surface area contributed by atoms with Crippen molar-refractivity contribution in [3.8, 4) is 44.9 Å². The Morgan fingerprint density at radius 1 is 0.283 bits per heavy atom. The molecule has 0 spiro atoms. The summed E-state index contributed by atoms with van der Waals surface area (Å²) < 4.78 is 6.46. The van der Waals surface area contributed by atoms with Gasteiger partial charge in [-0.15, -0.1) is 22.7 Å². The summed E-state index contributed by atoms with van der Waals surface area (Å²) in [7, 11) is 0. The number of hydrogen-bond donors (Lipinski definition) is 0. The lowest BCUT2D eigenvalue weighted by atomic mass is 10.1. The van der Waals surface area contributed by atoms with Crippen molar-refractivity contribution in [1.29, 1.82) is 0 Å². The van der Waals surface area contributed by atoms with Gasteiger partial charge in [0.25, 0.3) is 0 Å². The largest absolute Gasteiger partial charge is 0.456 e. The lowest BCUT2D eigenvalue weighted by Gasteiger charge is -2.24. The van der Waals surface area contributed by atoms with Crippen molar-refractivity contribution in [2.75, 3.05) is 9.80 Å². The highest BCUT2D eigenvalue weighted by Crippen LogP contribution is 2.41. The zero-order valence-electron chi connectivity index (χ0n) is 28.7. The predicted molar refractivity (Wildman–Crippen MR) is 226 cm³/mol. The molecular weight excluding hydrogens is 685 g/mol. The third-order valence-electron chi connectivity index (χ3n) is 9.34. The molecule has 3 nitrogen and oxygen atoms in total. The molecule has 0 fully saturated rings. The number of benzene rings is 6. The first-order valence-electron chi connectivity index (χ1n) is 17.6. The summed E-state index contributed by atoms with van der Waals surface area (Å²) in [6, 6.07) is 68.4. The molecule has 0 saturated heterocycles. The Labute approximate surface area is 317 Å². The summed E-state index contributed by atoms with van der Waals surface area (Å²) in [5, 5.41) is 6.57. The second kappa shape index (κ2) is 14.7. The highest BCUT2D eigenvalue weighted by Gasteiger charge is 2.17. The summed E-state index contributed by atoms with van der Waals surface area (Å²) >= 11 is 3.46. The van der Waals surface area contributed by atoms with Crippen molar-refractivity contribution in [3.05, 3.63) is 205 Å². The lowest BCUT2D eigenvalue weighted by Crippen LogP contribution is -2.08. The molecule has 0 radical (unpaired) electrons. The molecule has 6 aromatic carbocycles. The van der Waals surface area contributed by atoms with E-state index >= 15 is 0 Å². The first-order chi connectivity index (χ1) is 26.3. The Hall–Kier alpha value is -6.40. The maximum atomic E-state index is 6.46. The van der Waals surface area contributed by atoms with Gasteiger partial charge in [-0.05, 0) is 142 Å². The number of thiophene rings is 2. The highest BCUT2D eigenvalue weighted by molar-refractivity contribution is 7.14. The zero-order chi connectivity index (χ0) is 35.4. The van der Waals surface area contributed by atoms with Gasteiger partial charge in [-0.25, -0.2) is 0 Å². The van der Waals surface area contributed by atoms with E-state index in [9.17, 15) is 0 Å². The Morgan fingerprint density at radius 3 is 0.925 bits per heavy atom. The Balaban J connectivity index is 0.948. The molecular formula is C48H34N2OS2. The monoisotopic (exact) mass is 718 g/mol. The smallest absolute Gasteiger partial charge is 0.134 e. The number of anilines is 6. The standard InChI is InChI=1S/C48H34N2OS2/c1-3-9-35(10-4-1)37-15-23-41(24-16-37)49(47-13-7-33-52-47)43-27-19-39(20-28-43)45-31-32-46(51-45)40-21-29-44(30-22-40)50(48-14-8-34-53-48)42-25-17-38(18-26-42)36-11-5-2-6-12-36/h1-34H. The van der Waals surface area contributed by atoms with Crippen LogP contribution in [0, 0.1) is 0 Å². The van der Waals surface area contributed by atoms with Crippen molar-refractivity contribution < 1.29 is 4.42 Å². The minimum Gasteiger partial charge on any atom is -0.456 e. The molecule has 3 heterocycles. The predicted octanol–water partition coefficient (Wildman–Crippen LogP) is 15.0. The van der Waals surface area contributed by atoms with E-state index in [0.29, 0.717) is 0 Å². The van der Waals surface area contributed by atoms with Crippen molar-refractivity contribution in [3.63, 3.8) is 0 Å². The second-order valence-corrected chi connectivity index (χ2v) is 14.5. The van der Waals surface area contributed by atoms with E-state index in [-0.39, 0.29) is 0 Å². The molecule has 5 heteroatoms. The van der Waals surface area contributed by atoms with Crippen LogP contribution < -0.4 is 9.80 Å². The van der Waals surface area contributed by atoms with Crippen LogP contribution in [0.15, 0.2) is 209 Å². The summed E-state index contributed by atoms with van der Waals surface area (Å²) in [5.41, 5.74) is 11.3. The molecule has 9 rings (SSSR count). The van der Waals surface area contributed by atoms with Crippen LogP contribution in [-0.4, -0.2) is 0 Å². The quantitative estimate of drug-likeness (QED) is 0.140. The molecule has 0 unspecified atom stereocenters. The van der Waals surface area contributed by atoms with Gasteiger partial charge >= 0.3 is 0 Å². The molecule has 0 aliphatic carbocycles. The van der Waals surface area contributed by atoms with E-state index in [4.69, 9.17) is 4.42 Å². The summed E-state index contributed by atoms with van der Waals surface area (Å²) in [6.07, 6.45) is 0. The Bertz CT molecular complexity index is 2330. The summed E-state index contributed by atoms with van der Waals surface area (Å²) in [4.78, 5) is 4.60. The molecule has 0 bridgehead atoms. The SMILES string of the molecule is c1ccc(-c2ccc(N(c3ccc(-c4ccc(-c5ccc(N(c6ccc(-c7ccccc7)cc6)c6cccs6)cc5)o4)cc3)c3cccs3)cc2)cc1. The first-order valence-corrected chi connectivity index (χ1v) is 19.3. The van der Waals surface area contributed by atoms with Gasteiger partial charge in [0.15, 0.2) is 0 Å². The van der Waals surface area contributed by atoms with E-state index in [1.54, 1.807) is 22.7 Å². The van der Waals surface area contributed by atoms with Crippen LogP contribution in [0.3, 0.4) is 0 Å². The number of hydrogen-bond acceptors (Lipinski definition) is 5. The summed E-state index contributed by atoms with van der Waals surface area (Å²) in [6.45, 7) is 0. The first kappa shape index (κ1) is 32.5. The maximum Gasteiger partial charge on any atom is 0.134 e. The molecule has 254 valence electrons. The van der Waals surface area contributed by atoms with Crippen LogP contribution in [0.25, 0.3) is 44.9 Å². The molecule has 0 aliphatic heterocycles. The van der Waals surface area contributed by atoms with E-state index in [2.05, 4.69) is 215 Å². The maximum absolute atomic E-state index is 6.46. The normalized spacial score (nSPS) is 11.0. The van der Waals surface area contributed by atoms with Crippen molar-refractivity contribution >= 4 is 55.4 Å². The average Bonchev–Trinajstić information content (AvgIpc) is 4.05. The molecule has 3 aromatic heterocycles. The van der Waals surface area contributed by atoms with E-state index < -0.39 is 0 Å². The van der Waals surface area contributed by atoms with Gasteiger partial charge in [0.2, 0.25) is 0 Å². The topological polar surface area (TPSA) is 19.6 Å². The molecule has 53 heavy (non-hydrogen) atoms. The van der Waals surface area contributed by atoms with Crippen LogP contribution in [-0.2, 0) is 0 Å². The average molecular weight is 719 g/mol. The van der Waals surface area contributed by atoms with E-state index in [1.165, 1.54) is 22.3 Å². The van der Waals surface area contributed by atoms with Crippen LogP contribution in [0.4, 0.5) is 32.8 Å². The van der Waals surface area contributed by atoms with Crippen molar-refractivity contribution in [2.45, 2.75) is 0 Å².